The third-order valence-corrected chi connectivity index (χ3v) is 6.19. The highest BCUT2D eigenvalue weighted by molar-refractivity contribution is 7.22. The van der Waals surface area contributed by atoms with Crippen LogP contribution in [-0.4, -0.2) is 49.2 Å². The molecule has 0 saturated carbocycles. The van der Waals surface area contributed by atoms with Gasteiger partial charge in [0.25, 0.3) is 5.91 Å². The summed E-state index contributed by atoms with van der Waals surface area (Å²) in [7, 11) is 1.57. The second-order valence-electron chi connectivity index (χ2n) is 7.48. The quantitative estimate of drug-likeness (QED) is 0.439. The monoisotopic (exact) mass is 461 g/mol. The minimum Gasteiger partial charge on any atom is -0.457 e. The normalized spacial score (nSPS) is 13.7. The van der Waals surface area contributed by atoms with E-state index in [2.05, 4.69) is 32.7 Å². The van der Waals surface area contributed by atoms with Crippen LogP contribution in [0.1, 0.15) is 10.5 Å². The fraction of sp³-hybridized carbons (Fsp3) is 0.208. The summed E-state index contributed by atoms with van der Waals surface area (Å²) in [6.07, 6.45) is 1.55. The molecule has 0 atom stereocenters. The minimum atomic E-state index is -0.258. The molecule has 0 unspecified atom stereocenters. The Hall–Kier alpha value is -3.69. The second kappa shape index (κ2) is 9.43. The van der Waals surface area contributed by atoms with Crippen LogP contribution in [0.3, 0.4) is 0 Å². The van der Waals surface area contributed by atoms with Crippen LogP contribution in [-0.2, 0) is 4.74 Å². The molecule has 4 aromatic rings. The smallest absolute Gasteiger partial charge is 0.269 e. The van der Waals surface area contributed by atoms with Gasteiger partial charge in [0.15, 0.2) is 5.13 Å². The Balaban J connectivity index is 1.32. The van der Waals surface area contributed by atoms with Crippen LogP contribution >= 0.6 is 11.3 Å². The van der Waals surface area contributed by atoms with Crippen molar-refractivity contribution in [2.24, 2.45) is 0 Å². The summed E-state index contributed by atoms with van der Waals surface area (Å²) in [4.78, 5) is 22.9. The van der Waals surface area contributed by atoms with Crippen molar-refractivity contribution >= 4 is 44.0 Å². The molecule has 2 aromatic carbocycles. The van der Waals surface area contributed by atoms with Crippen molar-refractivity contribution in [3.05, 3.63) is 66.5 Å². The lowest BCUT2D eigenvalue weighted by Gasteiger charge is -2.29. The van der Waals surface area contributed by atoms with Crippen LogP contribution in [0.4, 0.5) is 16.5 Å². The first-order valence-corrected chi connectivity index (χ1v) is 11.5. The molecule has 1 fully saturated rings. The SMILES string of the molecule is CNC(=O)c1cc(Oc2ccc3nc(Nc4cccc(N5CCOCC5)c4)sc3c2)ccn1. The number of morpholine rings is 1. The molecule has 0 aliphatic carbocycles. The van der Waals surface area contributed by atoms with Gasteiger partial charge in [0.2, 0.25) is 0 Å². The highest BCUT2D eigenvalue weighted by atomic mass is 32.1. The van der Waals surface area contributed by atoms with Crippen LogP contribution < -0.4 is 20.3 Å². The summed E-state index contributed by atoms with van der Waals surface area (Å²) in [5, 5.41) is 6.80. The summed E-state index contributed by atoms with van der Waals surface area (Å²) in [5.74, 6) is 0.957. The lowest BCUT2D eigenvalue weighted by molar-refractivity contribution is 0.0958. The van der Waals surface area contributed by atoms with Gasteiger partial charge in [0.05, 0.1) is 23.4 Å². The predicted molar refractivity (Wildman–Crippen MR) is 130 cm³/mol. The molecule has 1 aliphatic rings. The standard InChI is InChI=1S/C24H23N5O3S/c1-25-23(30)21-14-19(7-8-26-21)32-18-5-6-20-22(15-18)33-24(28-20)27-16-3-2-4-17(13-16)29-9-11-31-12-10-29/h2-8,13-15H,9-12H2,1H3,(H,25,30)(H,27,28). The Morgan fingerprint density at radius 2 is 1.94 bits per heavy atom. The number of carbonyl (C=O) groups is 1. The molecule has 0 spiro atoms. The zero-order valence-electron chi connectivity index (χ0n) is 18.1. The van der Waals surface area contributed by atoms with Gasteiger partial charge in [0, 0.05) is 49.8 Å². The summed E-state index contributed by atoms with van der Waals surface area (Å²) in [6.45, 7) is 3.31. The number of nitrogens with zero attached hydrogens (tertiary/aromatic N) is 3. The van der Waals surface area contributed by atoms with E-state index >= 15 is 0 Å². The van der Waals surface area contributed by atoms with E-state index in [1.54, 1.807) is 36.7 Å². The minimum absolute atomic E-state index is 0.258. The molecule has 2 N–H and O–H groups in total. The van der Waals surface area contributed by atoms with Crippen LogP contribution in [0.25, 0.3) is 10.2 Å². The maximum atomic E-state index is 11.8. The molecular weight excluding hydrogens is 438 g/mol. The van der Waals surface area contributed by atoms with E-state index < -0.39 is 0 Å². The van der Waals surface area contributed by atoms with Gasteiger partial charge < -0.3 is 25.0 Å². The molecule has 2 aromatic heterocycles. The van der Waals surface area contributed by atoms with Crippen LogP contribution in [0.2, 0.25) is 0 Å². The number of aromatic nitrogens is 2. The van der Waals surface area contributed by atoms with E-state index in [4.69, 9.17) is 14.5 Å². The van der Waals surface area contributed by atoms with Crippen molar-refractivity contribution in [3.8, 4) is 11.5 Å². The van der Waals surface area contributed by atoms with Gasteiger partial charge in [-0.15, -0.1) is 0 Å². The van der Waals surface area contributed by atoms with Gasteiger partial charge in [-0.3, -0.25) is 9.78 Å². The third-order valence-electron chi connectivity index (χ3n) is 5.26. The first-order chi connectivity index (χ1) is 16.2. The molecule has 3 heterocycles. The number of anilines is 3. The second-order valence-corrected chi connectivity index (χ2v) is 8.51. The van der Waals surface area contributed by atoms with Crippen molar-refractivity contribution in [2.75, 3.05) is 43.6 Å². The summed E-state index contributed by atoms with van der Waals surface area (Å²) in [5.41, 5.74) is 3.36. The molecule has 1 aliphatic heterocycles. The number of carbonyl (C=O) groups excluding carboxylic acids is 1. The molecule has 8 nitrogen and oxygen atoms in total. The van der Waals surface area contributed by atoms with E-state index in [9.17, 15) is 4.79 Å². The zero-order valence-corrected chi connectivity index (χ0v) is 18.9. The van der Waals surface area contributed by atoms with E-state index in [-0.39, 0.29) is 5.91 Å². The van der Waals surface area contributed by atoms with Crippen LogP contribution in [0.5, 0.6) is 11.5 Å². The van der Waals surface area contributed by atoms with Crippen molar-refractivity contribution in [1.29, 1.82) is 0 Å². The van der Waals surface area contributed by atoms with E-state index in [1.165, 1.54) is 5.69 Å². The van der Waals surface area contributed by atoms with Gasteiger partial charge in [-0.25, -0.2) is 4.98 Å². The number of pyridine rings is 1. The Morgan fingerprint density at radius 1 is 1.09 bits per heavy atom. The Labute approximate surface area is 195 Å². The number of fused-ring (bicyclic) bond motifs is 1. The van der Waals surface area contributed by atoms with Gasteiger partial charge in [-0.1, -0.05) is 17.4 Å². The number of nitrogens with one attached hydrogen (secondary N) is 2. The zero-order chi connectivity index (χ0) is 22.6. The van der Waals surface area contributed by atoms with Gasteiger partial charge in [-0.2, -0.15) is 0 Å². The molecule has 1 amide bonds. The molecule has 5 rings (SSSR count). The number of thiazole rings is 1. The van der Waals surface area contributed by atoms with Gasteiger partial charge in [0.1, 0.15) is 17.2 Å². The highest BCUT2D eigenvalue weighted by Crippen LogP contribution is 2.33. The summed E-state index contributed by atoms with van der Waals surface area (Å²) < 4.78 is 12.4. The lowest BCUT2D eigenvalue weighted by Crippen LogP contribution is -2.36. The number of rotatable bonds is 6. The largest absolute Gasteiger partial charge is 0.457 e. The van der Waals surface area contributed by atoms with Crippen molar-refractivity contribution in [2.45, 2.75) is 0 Å². The molecule has 1 saturated heterocycles. The predicted octanol–water partition coefficient (Wildman–Crippen LogP) is 4.42. The molecule has 168 valence electrons. The summed E-state index contributed by atoms with van der Waals surface area (Å²) >= 11 is 1.56. The fourth-order valence-electron chi connectivity index (χ4n) is 3.61. The highest BCUT2D eigenvalue weighted by Gasteiger charge is 2.13. The topological polar surface area (TPSA) is 88.6 Å². The number of amides is 1. The maximum absolute atomic E-state index is 11.8. The average molecular weight is 462 g/mol. The summed E-state index contributed by atoms with van der Waals surface area (Å²) in [6, 6.07) is 17.4. The Kier molecular flexibility index (Phi) is 6.05. The number of benzene rings is 2. The van der Waals surface area contributed by atoms with Crippen molar-refractivity contribution in [3.63, 3.8) is 0 Å². The number of ether oxygens (including phenoxy) is 2. The first-order valence-electron chi connectivity index (χ1n) is 10.6. The first kappa shape index (κ1) is 21.2. The van der Waals surface area contributed by atoms with Crippen molar-refractivity contribution in [1.82, 2.24) is 15.3 Å². The van der Waals surface area contributed by atoms with E-state index in [1.807, 2.05) is 30.3 Å². The maximum Gasteiger partial charge on any atom is 0.269 e. The fourth-order valence-corrected chi connectivity index (χ4v) is 4.52. The number of hydrogen-bond acceptors (Lipinski definition) is 8. The Bertz CT molecular complexity index is 1290. The third kappa shape index (κ3) is 4.89. The van der Waals surface area contributed by atoms with E-state index in [0.717, 1.165) is 47.3 Å². The van der Waals surface area contributed by atoms with Crippen LogP contribution in [0, 0.1) is 0 Å². The number of hydrogen-bond donors (Lipinski definition) is 2. The average Bonchev–Trinajstić information content (AvgIpc) is 3.26. The molecule has 9 heteroatoms. The van der Waals surface area contributed by atoms with E-state index in [0.29, 0.717) is 17.2 Å². The lowest BCUT2D eigenvalue weighted by atomic mass is 10.2. The van der Waals surface area contributed by atoms with Crippen LogP contribution in [0.15, 0.2) is 60.8 Å². The molecule has 0 radical (unpaired) electrons. The van der Waals surface area contributed by atoms with Crippen molar-refractivity contribution < 1.29 is 14.3 Å². The van der Waals surface area contributed by atoms with Gasteiger partial charge >= 0.3 is 0 Å². The molecule has 0 bridgehead atoms. The van der Waals surface area contributed by atoms with Gasteiger partial charge in [-0.05, 0) is 36.4 Å². The molecule has 33 heavy (non-hydrogen) atoms. The Morgan fingerprint density at radius 3 is 2.79 bits per heavy atom. The molecular formula is C24H23N5O3S.